The lowest BCUT2D eigenvalue weighted by Gasteiger charge is -2.06. The molecule has 0 fully saturated rings. The number of carbonyl (C=O) groups excluding carboxylic acids is 1. The third-order valence-electron chi connectivity index (χ3n) is 2.75. The van der Waals surface area contributed by atoms with Gasteiger partial charge in [0.2, 0.25) is 0 Å². The first-order valence-corrected chi connectivity index (χ1v) is 6.25. The summed E-state index contributed by atoms with van der Waals surface area (Å²) < 4.78 is 0.996. The van der Waals surface area contributed by atoms with E-state index in [1.807, 2.05) is 56.3 Å². The van der Waals surface area contributed by atoms with E-state index < -0.39 is 0 Å². The van der Waals surface area contributed by atoms with Crippen LogP contribution in [0.25, 0.3) is 0 Å². The first-order valence-electron chi connectivity index (χ1n) is 5.45. The molecule has 1 nitrogen and oxygen atoms in total. The molecular formula is C15H13BrO. The molecule has 0 spiro atoms. The Labute approximate surface area is 110 Å². The molecule has 86 valence electrons. The molecule has 0 aliphatic carbocycles. The Morgan fingerprint density at radius 1 is 1.00 bits per heavy atom. The average molecular weight is 289 g/mol. The lowest BCUT2D eigenvalue weighted by Crippen LogP contribution is -2.03. The minimum atomic E-state index is 0.0787. The molecule has 0 radical (unpaired) electrons. The highest BCUT2D eigenvalue weighted by atomic mass is 79.9. The predicted octanol–water partition coefficient (Wildman–Crippen LogP) is 4.30. The van der Waals surface area contributed by atoms with Crippen molar-refractivity contribution in [3.8, 4) is 0 Å². The Balaban J connectivity index is 2.40. The van der Waals surface area contributed by atoms with Gasteiger partial charge >= 0.3 is 0 Å². The zero-order chi connectivity index (χ0) is 12.4. The van der Waals surface area contributed by atoms with Crippen molar-refractivity contribution in [2.45, 2.75) is 13.8 Å². The SMILES string of the molecule is Cc1ccc(C(=O)c2ccc(Br)cc2C)cc1. The molecule has 2 rings (SSSR count). The minimum absolute atomic E-state index is 0.0787. The van der Waals surface area contributed by atoms with Gasteiger partial charge < -0.3 is 0 Å². The fourth-order valence-electron chi connectivity index (χ4n) is 1.74. The molecule has 2 aromatic carbocycles. The Bertz CT molecular complexity index is 556. The molecule has 2 heteroatoms. The number of rotatable bonds is 2. The fourth-order valence-corrected chi connectivity index (χ4v) is 2.22. The van der Waals surface area contributed by atoms with Crippen molar-refractivity contribution in [3.05, 3.63) is 69.2 Å². The summed E-state index contributed by atoms with van der Waals surface area (Å²) in [5.41, 5.74) is 3.65. The van der Waals surface area contributed by atoms with Gasteiger partial charge in [-0.1, -0.05) is 45.8 Å². The van der Waals surface area contributed by atoms with Crippen molar-refractivity contribution in [1.29, 1.82) is 0 Å². The minimum Gasteiger partial charge on any atom is -0.289 e. The summed E-state index contributed by atoms with van der Waals surface area (Å²) in [6.45, 7) is 3.96. The van der Waals surface area contributed by atoms with Crippen molar-refractivity contribution >= 4 is 21.7 Å². The van der Waals surface area contributed by atoms with Gasteiger partial charge in [0, 0.05) is 15.6 Å². The van der Waals surface area contributed by atoms with Crippen molar-refractivity contribution < 1.29 is 4.79 Å². The van der Waals surface area contributed by atoms with E-state index in [-0.39, 0.29) is 5.78 Å². The summed E-state index contributed by atoms with van der Waals surface area (Å²) in [4.78, 5) is 12.3. The number of hydrogen-bond acceptors (Lipinski definition) is 1. The third-order valence-corrected chi connectivity index (χ3v) is 3.24. The molecule has 2 aromatic rings. The zero-order valence-electron chi connectivity index (χ0n) is 9.83. The number of halogens is 1. The van der Waals surface area contributed by atoms with E-state index in [0.29, 0.717) is 0 Å². The Kier molecular flexibility index (Phi) is 3.43. The average Bonchev–Trinajstić information content (AvgIpc) is 2.29. The number of hydrogen-bond donors (Lipinski definition) is 0. The van der Waals surface area contributed by atoms with Gasteiger partial charge in [0.25, 0.3) is 0 Å². The normalized spacial score (nSPS) is 10.3. The smallest absolute Gasteiger partial charge is 0.193 e. The van der Waals surface area contributed by atoms with Gasteiger partial charge in [0.05, 0.1) is 0 Å². The molecule has 0 aliphatic heterocycles. The van der Waals surface area contributed by atoms with E-state index in [2.05, 4.69) is 15.9 Å². The van der Waals surface area contributed by atoms with Crippen LogP contribution in [0.2, 0.25) is 0 Å². The molecule has 0 saturated carbocycles. The largest absolute Gasteiger partial charge is 0.289 e. The summed E-state index contributed by atoms with van der Waals surface area (Å²) in [5, 5.41) is 0. The van der Waals surface area contributed by atoms with Gasteiger partial charge in [-0.15, -0.1) is 0 Å². The Hall–Kier alpha value is -1.41. The van der Waals surface area contributed by atoms with E-state index in [9.17, 15) is 4.79 Å². The summed E-state index contributed by atoms with van der Waals surface area (Å²) in [6.07, 6.45) is 0. The van der Waals surface area contributed by atoms with Gasteiger partial charge in [-0.2, -0.15) is 0 Å². The van der Waals surface area contributed by atoms with Crippen molar-refractivity contribution in [2.24, 2.45) is 0 Å². The first kappa shape index (κ1) is 12.1. The molecule has 0 saturated heterocycles. The van der Waals surface area contributed by atoms with Crippen LogP contribution in [0.5, 0.6) is 0 Å². The van der Waals surface area contributed by atoms with Crippen LogP contribution in [0.3, 0.4) is 0 Å². The monoisotopic (exact) mass is 288 g/mol. The van der Waals surface area contributed by atoms with Crippen molar-refractivity contribution in [2.75, 3.05) is 0 Å². The van der Waals surface area contributed by atoms with Crippen LogP contribution in [-0.4, -0.2) is 5.78 Å². The van der Waals surface area contributed by atoms with Crippen LogP contribution in [0.1, 0.15) is 27.0 Å². The molecule has 0 bridgehead atoms. The number of aryl methyl sites for hydroxylation is 2. The molecule has 0 aliphatic rings. The zero-order valence-corrected chi connectivity index (χ0v) is 11.4. The Morgan fingerprint density at radius 3 is 2.24 bits per heavy atom. The molecule has 0 unspecified atom stereocenters. The van der Waals surface area contributed by atoms with Gasteiger partial charge in [-0.25, -0.2) is 0 Å². The molecule has 0 N–H and O–H groups in total. The van der Waals surface area contributed by atoms with Crippen LogP contribution < -0.4 is 0 Å². The highest BCUT2D eigenvalue weighted by Gasteiger charge is 2.11. The van der Waals surface area contributed by atoms with E-state index in [1.54, 1.807) is 0 Å². The quantitative estimate of drug-likeness (QED) is 0.753. The second kappa shape index (κ2) is 4.84. The topological polar surface area (TPSA) is 17.1 Å². The maximum absolute atomic E-state index is 12.3. The van der Waals surface area contributed by atoms with Crippen molar-refractivity contribution in [3.63, 3.8) is 0 Å². The molecular weight excluding hydrogens is 276 g/mol. The predicted molar refractivity (Wildman–Crippen MR) is 73.5 cm³/mol. The van der Waals surface area contributed by atoms with Gasteiger partial charge in [0.1, 0.15) is 0 Å². The fraction of sp³-hybridized carbons (Fsp3) is 0.133. The number of ketones is 1. The third kappa shape index (κ3) is 2.64. The standard InChI is InChI=1S/C15H13BrO/c1-10-3-5-12(6-4-10)15(17)14-8-7-13(16)9-11(14)2/h3-9H,1-2H3. The maximum Gasteiger partial charge on any atom is 0.193 e. The second-order valence-electron chi connectivity index (χ2n) is 4.15. The molecule has 0 heterocycles. The van der Waals surface area contributed by atoms with Crippen LogP contribution >= 0.6 is 15.9 Å². The van der Waals surface area contributed by atoms with E-state index in [1.165, 1.54) is 0 Å². The number of benzene rings is 2. The highest BCUT2D eigenvalue weighted by molar-refractivity contribution is 9.10. The molecule has 0 amide bonds. The second-order valence-corrected chi connectivity index (χ2v) is 5.07. The van der Waals surface area contributed by atoms with E-state index in [4.69, 9.17) is 0 Å². The van der Waals surface area contributed by atoms with E-state index >= 15 is 0 Å². The van der Waals surface area contributed by atoms with Crippen LogP contribution in [-0.2, 0) is 0 Å². The lowest BCUT2D eigenvalue weighted by molar-refractivity contribution is 0.103. The summed E-state index contributed by atoms with van der Waals surface area (Å²) in [5.74, 6) is 0.0787. The highest BCUT2D eigenvalue weighted by Crippen LogP contribution is 2.19. The number of carbonyl (C=O) groups is 1. The van der Waals surface area contributed by atoms with Crippen molar-refractivity contribution in [1.82, 2.24) is 0 Å². The van der Waals surface area contributed by atoms with Gasteiger partial charge in [-0.05, 0) is 37.6 Å². The Morgan fingerprint density at radius 2 is 1.65 bits per heavy atom. The summed E-state index contributed by atoms with van der Waals surface area (Å²) in [7, 11) is 0. The van der Waals surface area contributed by atoms with Gasteiger partial charge in [-0.3, -0.25) is 4.79 Å². The summed E-state index contributed by atoms with van der Waals surface area (Å²) >= 11 is 3.40. The van der Waals surface area contributed by atoms with E-state index in [0.717, 1.165) is 26.7 Å². The van der Waals surface area contributed by atoms with Crippen LogP contribution in [0, 0.1) is 13.8 Å². The first-order chi connectivity index (χ1) is 8.08. The summed E-state index contributed by atoms with van der Waals surface area (Å²) in [6, 6.07) is 13.4. The van der Waals surface area contributed by atoms with Gasteiger partial charge in [0.15, 0.2) is 5.78 Å². The van der Waals surface area contributed by atoms with Crippen LogP contribution in [0.4, 0.5) is 0 Å². The molecule has 0 atom stereocenters. The lowest BCUT2D eigenvalue weighted by atomic mass is 9.99. The molecule has 0 aromatic heterocycles. The molecule has 17 heavy (non-hydrogen) atoms. The maximum atomic E-state index is 12.3. The van der Waals surface area contributed by atoms with Crippen LogP contribution in [0.15, 0.2) is 46.9 Å².